The fourth-order valence-electron chi connectivity index (χ4n) is 3.10. The lowest BCUT2D eigenvalue weighted by Crippen LogP contribution is -2.40. The standard InChI is InChI=1S/C18H28N2O2/c1-14(2)11-17(13-20-9-3-4-10-20)19-12-15-5-7-16(8-6-15)18(21)22/h5-8,14,17,19H,3-4,9-13H2,1-2H3,(H,21,22)/t17-/m0/s1. The Labute approximate surface area is 133 Å². The van der Waals surface area contributed by atoms with Gasteiger partial charge < -0.3 is 15.3 Å². The summed E-state index contributed by atoms with van der Waals surface area (Å²) in [5.41, 5.74) is 1.49. The van der Waals surface area contributed by atoms with Gasteiger partial charge in [-0.05, 0) is 56.0 Å². The predicted molar refractivity (Wildman–Crippen MR) is 89.2 cm³/mol. The van der Waals surface area contributed by atoms with Crippen LogP contribution in [0.25, 0.3) is 0 Å². The van der Waals surface area contributed by atoms with Crippen LogP contribution in [0.2, 0.25) is 0 Å². The van der Waals surface area contributed by atoms with Gasteiger partial charge in [-0.3, -0.25) is 0 Å². The van der Waals surface area contributed by atoms with Crippen molar-refractivity contribution in [2.24, 2.45) is 5.92 Å². The molecule has 1 heterocycles. The Bertz CT molecular complexity index is 464. The molecule has 1 aromatic rings. The third-order valence-electron chi connectivity index (χ3n) is 4.23. The molecule has 0 saturated carbocycles. The van der Waals surface area contributed by atoms with E-state index in [1.807, 2.05) is 12.1 Å². The molecule has 0 aliphatic carbocycles. The van der Waals surface area contributed by atoms with Crippen molar-refractivity contribution < 1.29 is 9.90 Å². The highest BCUT2D eigenvalue weighted by Crippen LogP contribution is 2.13. The van der Waals surface area contributed by atoms with Crippen LogP contribution in [-0.2, 0) is 6.54 Å². The molecule has 0 bridgehead atoms. The van der Waals surface area contributed by atoms with Gasteiger partial charge >= 0.3 is 5.97 Å². The van der Waals surface area contributed by atoms with Crippen LogP contribution in [0, 0.1) is 5.92 Å². The Hall–Kier alpha value is -1.39. The third kappa shape index (κ3) is 5.43. The molecule has 1 aromatic carbocycles. The summed E-state index contributed by atoms with van der Waals surface area (Å²) in [6.07, 6.45) is 3.82. The molecule has 2 N–H and O–H groups in total. The SMILES string of the molecule is CC(C)C[C@@H](CN1CCCC1)NCc1ccc(C(=O)O)cc1. The molecule has 1 fully saturated rings. The fraction of sp³-hybridized carbons (Fsp3) is 0.611. The minimum Gasteiger partial charge on any atom is -0.478 e. The second-order valence-corrected chi connectivity index (χ2v) is 6.72. The van der Waals surface area contributed by atoms with Crippen molar-refractivity contribution in [2.75, 3.05) is 19.6 Å². The fourth-order valence-corrected chi connectivity index (χ4v) is 3.10. The van der Waals surface area contributed by atoms with Gasteiger partial charge in [-0.2, -0.15) is 0 Å². The lowest BCUT2D eigenvalue weighted by molar-refractivity contribution is 0.0697. The lowest BCUT2D eigenvalue weighted by atomic mass is 10.0. The predicted octanol–water partition coefficient (Wildman–Crippen LogP) is 2.98. The first-order chi connectivity index (χ1) is 10.5. The van der Waals surface area contributed by atoms with Crippen molar-refractivity contribution in [1.29, 1.82) is 0 Å². The Morgan fingerprint density at radius 1 is 1.23 bits per heavy atom. The van der Waals surface area contributed by atoms with Gasteiger partial charge in [0.25, 0.3) is 0 Å². The van der Waals surface area contributed by atoms with Gasteiger partial charge in [0.05, 0.1) is 5.56 Å². The number of hydrogen-bond acceptors (Lipinski definition) is 3. The zero-order valence-electron chi connectivity index (χ0n) is 13.7. The van der Waals surface area contributed by atoms with Gasteiger partial charge in [-0.15, -0.1) is 0 Å². The first kappa shape index (κ1) is 17.0. The average Bonchev–Trinajstić information content (AvgIpc) is 2.97. The molecule has 122 valence electrons. The van der Waals surface area contributed by atoms with E-state index in [4.69, 9.17) is 5.11 Å². The Balaban J connectivity index is 1.87. The highest BCUT2D eigenvalue weighted by Gasteiger charge is 2.18. The highest BCUT2D eigenvalue weighted by atomic mass is 16.4. The van der Waals surface area contributed by atoms with Gasteiger partial charge in [0, 0.05) is 19.1 Å². The van der Waals surface area contributed by atoms with Crippen molar-refractivity contribution >= 4 is 5.97 Å². The van der Waals surface area contributed by atoms with E-state index in [9.17, 15) is 4.79 Å². The van der Waals surface area contributed by atoms with E-state index in [2.05, 4.69) is 24.1 Å². The summed E-state index contributed by atoms with van der Waals surface area (Å²) in [5.74, 6) is -0.194. The number of hydrogen-bond donors (Lipinski definition) is 2. The van der Waals surface area contributed by atoms with Crippen LogP contribution in [0.5, 0.6) is 0 Å². The highest BCUT2D eigenvalue weighted by molar-refractivity contribution is 5.87. The monoisotopic (exact) mass is 304 g/mol. The lowest BCUT2D eigenvalue weighted by Gasteiger charge is -2.26. The molecule has 1 aliphatic rings. The third-order valence-corrected chi connectivity index (χ3v) is 4.23. The zero-order chi connectivity index (χ0) is 15.9. The molecule has 2 rings (SSSR count). The summed E-state index contributed by atoms with van der Waals surface area (Å²) in [6.45, 7) is 8.89. The van der Waals surface area contributed by atoms with Crippen LogP contribution in [0.1, 0.15) is 49.0 Å². The molecule has 4 nitrogen and oxygen atoms in total. The number of nitrogens with zero attached hydrogens (tertiary/aromatic N) is 1. The van der Waals surface area contributed by atoms with Gasteiger partial charge in [0.15, 0.2) is 0 Å². The van der Waals surface area contributed by atoms with Crippen LogP contribution in [0.3, 0.4) is 0 Å². The maximum atomic E-state index is 10.9. The number of carboxylic acids is 1. The van der Waals surface area contributed by atoms with Crippen LogP contribution >= 0.6 is 0 Å². The Morgan fingerprint density at radius 3 is 2.41 bits per heavy atom. The molecule has 1 atom stereocenters. The second kappa shape index (κ2) is 8.30. The molecule has 0 spiro atoms. The van der Waals surface area contributed by atoms with E-state index in [0.29, 0.717) is 17.5 Å². The summed E-state index contributed by atoms with van der Waals surface area (Å²) in [4.78, 5) is 13.4. The van der Waals surface area contributed by atoms with Crippen LogP contribution in [0.15, 0.2) is 24.3 Å². The first-order valence-electron chi connectivity index (χ1n) is 8.32. The van der Waals surface area contributed by atoms with Gasteiger partial charge in [0.1, 0.15) is 0 Å². The largest absolute Gasteiger partial charge is 0.478 e. The van der Waals surface area contributed by atoms with E-state index in [-0.39, 0.29) is 0 Å². The molecule has 22 heavy (non-hydrogen) atoms. The number of rotatable bonds is 8. The van der Waals surface area contributed by atoms with E-state index in [0.717, 1.165) is 18.7 Å². The molecule has 1 saturated heterocycles. The number of carboxylic acid groups (broad SMARTS) is 1. The quantitative estimate of drug-likeness (QED) is 0.775. The van der Waals surface area contributed by atoms with Gasteiger partial charge in [-0.25, -0.2) is 4.79 Å². The molecular weight excluding hydrogens is 276 g/mol. The zero-order valence-corrected chi connectivity index (χ0v) is 13.7. The molecule has 0 aromatic heterocycles. The number of nitrogens with one attached hydrogen (secondary N) is 1. The van der Waals surface area contributed by atoms with Gasteiger partial charge in [-0.1, -0.05) is 26.0 Å². The van der Waals surface area contributed by atoms with E-state index in [1.165, 1.54) is 32.4 Å². The summed E-state index contributed by atoms with van der Waals surface area (Å²) < 4.78 is 0. The Morgan fingerprint density at radius 2 is 1.86 bits per heavy atom. The Kier molecular flexibility index (Phi) is 6.40. The molecule has 0 radical (unpaired) electrons. The van der Waals surface area contributed by atoms with Crippen LogP contribution in [0.4, 0.5) is 0 Å². The van der Waals surface area contributed by atoms with Crippen molar-refractivity contribution in [1.82, 2.24) is 10.2 Å². The van der Waals surface area contributed by atoms with Gasteiger partial charge in [0.2, 0.25) is 0 Å². The molecule has 4 heteroatoms. The summed E-state index contributed by atoms with van der Waals surface area (Å²) >= 11 is 0. The summed E-state index contributed by atoms with van der Waals surface area (Å²) in [7, 11) is 0. The number of benzene rings is 1. The van der Waals surface area contributed by atoms with E-state index < -0.39 is 5.97 Å². The molecule has 0 unspecified atom stereocenters. The maximum Gasteiger partial charge on any atom is 0.335 e. The van der Waals surface area contributed by atoms with Crippen molar-refractivity contribution in [3.05, 3.63) is 35.4 Å². The first-order valence-corrected chi connectivity index (χ1v) is 8.32. The van der Waals surface area contributed by atoms with Crippen molar-refractivity contribution in [3.8, 4) is 0 Å². The molecule has 0 amide bonds. The van der Waals surface area contributed by atoms with Crippen molar-refractivity contribution in [2.45, 2.75) is 45.7 Å². The van der Waals surface area contributed by atoms with Crippen LogP contribution in [-0.4, -0.2) is 41.7 Å². The minimum absolute atomic E-state index is 0.347. The second-order valence-electron chi connectivity index (χ2n) is 6.72. The average molecular weight is 304 g/mol. The normalized spacial score (nSPS) is 17.0. The summed E-state index contributed by atoms with van der Waals surface area (Å²) in [6, 6.07) is 7.66. The number of likely N-dealkylation sites (tertiary alicyclic amines) is 1. The number of carbonyl (C=O) groups is 1. The summed E-state index contributed by atoms with van der Waals surface area (Å²) in [5, 5.41) is 12.6. The number of aromatic carboxylic acids is 1. The molecule has 1 aliphatic heterocycles. The van der Waals surface area contributed by atoms with Crippen molar-refractivity contribution in [3.63, 3.8) is 0 Å². The smallest absolute Gasteiger partial charge is 0.335 e. The van der Waals surface area contributed by atoms with E-state index >= 15 is 0 Å². The van der Waals surface area contributed by atoms with Crippen LogP contribution < -0.4 is 5.32 Å². The topological polar surface area (TPSA) is 52.6 Å². The molecular formula is C18H28N2O2. The maximum absolute atomic E-state index is 10.9. The minimum atomic E-state index is -0.869. The van der Waals surface area contributed by atoms with E-state index in [1.54, 1.807) is 12.1 Å².